The van der Waals surface area contributed by atoms with Crippen LogP contribution in [0.25, 0.3) is 0 Å². The zero-order chi connectivity index (χ0) is 10.5. The average molecular weight is 208 g/mol. The summed E-state index contributed by atoms with van der Waals surface area (Å²) in [5.74, 6) is 2.15. The lowest BCUT2D eigenvalue weighted by Gasteiger charge is -2.38. The Morgan fingerprint density at radius 1 is 1.07 bits per heavy atom. The Balaban J connectivity index is 1.63. The minimum atomic E-state index is 0.0676. The van der Waals surface area contributed by atoms with E-state index in [0.29, 0.717) is 5.92 Å². The lowest BCUT2D eigenvalue weighted by molar-refractivity contribution is -0.246. The van der Waals surface area contributed by atoms with Gasteiger partial charge in [-0.2, -0.15) is 0 Å². The smallest absolute Gasteiger partial charge is 0.160 e. The van der Waals surface area contributed by atoms with Crippen molar-refractivity contribution < 1.29 is 9.47 Å². The van der Waals surface area contributed by atoms with Crippen molar-refractivity contribution in [2.75, 3.05) is 13.2 Å². The summed E-state index contributed by atoms with van der Waals surface area (Å²) in [5, 5.41) is 0. The van der Waals surface area contributed by atoms with Crippen molar-refractivity contribution in [2.45, 2.75) is 33.0 Å². The zero-order valence-corrected chi connectivity index (χ0v) is 9.61. The van der Waals surface area contributed by atoms with Gasteiger partial charge in [0.1, 0.15) is 0 Å². The van der Waals surface area contributed by atoms with Crippen LogP contribution < -0.4 is 0 Å². The fraction of sp³-hybridized carbons (Fsp3) is 0.846. The minimum absolute atomic E-state index is 0.0676. The van der Waals surface area contributed by atoms with Gasteiger partial charge in [0.05, 0.1) is 13.2 Å². The van der Waals surface area contributed by atoms with Crippen LogP contribution in [0.2, 0.25) is 0 Å². The van der Waals surface area contributed by atoms with Crippen LogP contribution in [0.15, 0.2) is 12.2 Å². The molecular formula is C13H20O2. The molecule has 0 spiro atoms. The number of allylic oxidation sites excluding steroid dienone is 2. The van der Waals surface area contributed by atoms with E-state index in [2.05, 4.69) is 26.0 Å². The maximum Gasteiger partial charge on any atom is 0.160 e. The number of hydrogen-bond donors (Lipinski definition) is 0. The summed E-state index contributed by atoms with van der Waals surface area (Å²) in [6.07, 6.45) is 7.40. The second-order valence-electron chi connectivity index (χ2n) is 6.10. The quantitative estimate of drug-likeness (QED) is 0.617. The molecule has 3 atom stereocenters. The van der Waals surface area contributed by atoms with E-state index in [1.807, 2.05) is 0 Å². The van der Waals surface area contributed by atoms with Crippen molar-refractivity contribution in [1.82, 2.24) is 0 Å². The Kier molecular flexibility index (Phi) is 2.18. The molecule has 15 heavy (non-hydrogen) atoms. The molecule has 2 bridgehead atoms. The van der Waals surface area contributed by atoms with Gasteiger partial charge >= 0.3 is 0 Å². The van der Waals surface area contributed by atoms with Crippen LogP contribution in [0.3, 0.4) is 0 Å². The predicted octanol–water partition coefficient (Wildman–Crippen LogP) is 2.60. The number of ether oxygens (including phenoxy) is 2. The highest BCUT2D eigenvalue weighted by atomic mass is 16.7. The molecule has 1 unspecified atom stereocenters. The van der Waals surface area contributed by atoms with E-state index >= 15 is 0 Å². The lowest BCUT2D eigenvalue weighted by Crippen LogP contribution is -2.42. The molecule has 0 amide bonds. The van der Waals surface area contributed by atoms with E-state index in [-0.39, 0.29) is 11.7 Å². The maximum atomic E-state index is 5.87. The molecule has 0 radical (unpaired) electrons. The number of hydrogen-bond acceptors (Lipinski definition) is 2. The highest BCUT2D eigenvalue weighted by molar-refractivity contribution is 5.10. The van der Waals surface area contributed by atoms with Crippen LogP contribution in [-0.2, 0) is 9.47 Å². The molecule has 0 aromatic carbocycles. The molecule has 1 saturated carbocycles. The van der Waals surface area contributed by atoms with Crippen LogP contribution in [0, 0.1) is 23.2 Å². The van der Waals surface area contributed by atoms with Gasteiger partial charge < -0.3 is 9.47 Å². The first-order valence-electron chi connectivity index (χ1n) is 6.06. The van der Waals surface area contributed by atoms with Crippen molar-refractivity contribution >= 4 is 0 Å². The van der Waals surface area contributed by atoms with E-state index in [0.717, 1.165) is 25.0 Å². The number of fused-ring (bicyclic) bond motifs is 2. The van der Waals surface area contributed by atoms with Crippen LogP contribution in [0.1, 0.15) is 26.7 Å². The van der Waals surface area contributed by atoms with Gasteiger partial charge in [-0.15, -0.1) is 0 Å². The minimum Gasteiger partial charge on any atom is -0.352 e. The third kappa shape index (κ3) is 1.74. The first kappa shape index (κ1) is 9.86. The second kappa shape index (κ2) is 3.33. The van der Waals surface area contributed by atoms with E-state index < -0.39 is 0 Å². The molecule has 0 N–H and O–H groups in total. The van der Waals surface area contributed by atoms with Gasteiger partial charge in [0.15, 0.2) is 6.29 Å². The summed E-state index contributed by atoms with van der Waals surface area (Å²) in [7, 11) is 0. The van der Waals surface area contributed by atoms with Crippen LogP contribution in [0.4, 0.5) is 0 Å². The van der Waals surface area contributed by atoms with Crippen molar-refractivity contribution in [2.24, 2.45) is 23.2 Å². The van der Waals surface area contributed by atoms with Crippen molar-refractivity contribution in [3.05, 3.63) is 12.2 Å². The first-order valence-corrected chi connectivity index (χ1v) is 6.06. The van der Waals surface area contributed by atoms with Gasteiger partial charge in [-0.25, -0.2) is 0 Å². The van der Waals surface area contributed by atoms with E-state index in [9.17, 15) is 0 Å². The Labute approximate surface area is 91.6 Å². The third-order valence-electron chi connectivity index (χ3n) is 3.96. The van der Waals surface area contributed by atoms with Crippen molar-refractivity contribution in [3.63, 3.8) is 0 Å². The normalized spacial score (nSPS) is 43.7. The average Bonchev–Trinajstić information content (AvgIpc) is 2.78. The largest absolute Gasteiger partial charge is 0.352 e. The summed E-state index contributed by atoms with van der Waals surface area (Å²) in [6.45, 7) is 6.08. The van der Waals surface area contributed by atoms with Crippen molar-refractivity contribution in [3.8, 4) is 0 Å². The molecule has 3 rings (SSSR count). The molecule has 3 aliphatic rings. The predicted molar refractivity (Wildman–Crippen MR) is 58.3 cm³/mol. The molecule has 1 heterocycles. The Hall–Kier alpha value is -0.340. The lowest BCUT2D eigenvalue weighted by atomic mass is 9.90. The molecule has 2 nitrogen and oxygen atoms in total. The fourth-order valence-corrected chi connectivity index (χ4v) is 3.09. The third-order valence-corrected chi connectivity index (χ3v) is 3.96. The monoisotopic (exact) mass is 208 g/mol. The molecule has 1 aliphatic heterocycles. The Bertz CT molecular complexity index is 272. The first-order chi connectivity index (χ1) is 7.14. The molecule has 0 aromatic rings. The Morgan fingerprint density at radius 3 is 2.33 bits per heavy atom. The van der Waals surface area contributed by atoms with Crippen LogP contribution >= 0.6 is 0 Å². The summed E-state index contributed by atoms with van der Waals surface area (Å²) in [4.78, 5) is 0. The van der Waals surface area contributed by atoms with Gasteiger partial charge in [0, 0.05) is 11.3 Å². The van der Waals surface area contributed by atoms with Gasteiger partial charge in [-0.3, -0.25) is 0 Å². The van der Waals surface area contributed by atoms with E-state index in [1.54, 1.807) is 0 Å². The summed E-state index contributed by atoms with van der Waals surface area (Å²) >= 11 is 0. The Morgan fingerprint density at radius 2 is 1.80 bits per heavy atom. The molecule has 0 aromatic heterocycles. The SMILES string of the molecule is CC1(C)COC(C2C[C@H]3C=C[C@@H]2C3)OC1. The zero-order valence-electron chi connectivity index (χ0n) is 9.61. The molecular weight excluding hydrogens is 188 g/mol. The fourth-order valence-electron chi connectivity index (χ4n) is 3.09. The van der Waals surface area contributed by atoms with Gasteiger partial charge in [0.2, 0.25) is 0 Å². The summed E-state index contributed by atoms with van der Waals surface area (Å²) in [6, 6.07) is 0. The van der Waals surface area contributed by atoms with E-state index in [4.69, 9.17) is 9.47 Å². The maximum absolute atomic E-state index is 5.87. The highest BCUT2D eigenvalue weighted by Crippen LogP contribution is 2.46. The standard InChI is InChI=1S/C13H20O2/c1-13(2)7-14-12(15-8-13)11-6-9-3-4-10(11)5-9/h3-4,9-12H,5-8H2,1-2H3/t9-,10+,11?/m0/s1. The number of rotatable bonds is 1. The molecule has 1 saturated heterocycles. The van der Waals surface area contributed by atoms with Crippen molar-refractivity contribution in [1.29, 1.82) is 0 Å². The summed E-state index contributed by atoms with van der Waals surface area (Å²) in [5.41, 5.74) is 0.198. The molecule has 2 heteroatoms. The molecule has 2 aliphatic carbocycles. The highest BCUT2D eigenvalue weighted by Gasteiger charge is 2.43. The topological polar surface area (TPSA) is 18.5 Å². The van der Waals surface area contributed by atoms with Crippen LogP contribution in [-0.4, -0.2) is 19.5 Å². The van der Waals surface area contributed by atoms with Gasteiger partial charge in [-0.1, -0.05) is 26.0 Å². The molecule has 84 valence electrons. The van der Waals surface area contributed by atoms with Crippen LogP contribution in [0.5, 0.6) is 0 Å². The van der Waals surface area contributed by atoms with Gasteiger partial charge in [0.25, 0.3) is 0 Å². The summed E-state index contributed by atoms with van der Waals surface area (Å²) < 4.78 is 11.7. The van der Waals surface area contributed by atoms with E-state index in [1.165, 1.54) is 12.8 Å². The van der Waals surface area contributed by atoms with Gasteiger partial charge in [-0.05, 0) is 24.7 Å². The molecule has 2 fully saturated rings. The second-order valence-corrected chi connectivity index (χ2v) is 6.10.